The molecule has 2 heterocycles. The van der Waals surface area contributed by atoms with E-state index in [4.69, 9.17) is 10.00 Å². The predicted octanol–water partition coefficient (Wildman–Crippen LogP) is 3.38. The van der Waals surface area contributed by atoms with Crippen molar-refractivity contribution in [1.82, 2.24) is 19.8 Å². The number of amides is 1. The molecule has 4 rings (SSSR count). The first kappa shape index (κ1) is 23.5. The number of nitriles is 1. The van der Waals surface area contributed by atoms with Gasteiger partial charge in [0.1, 0.15) is 5.75 Å². The van der Waals surface area contributed by atoms with E-state index in [1.807, 2.05) is 48.9 Å². The summed E-state index contributed by atoms with van der Waals surface area (Å²) in [5.74, 6) is 1.01. The van der Waals surface area contributed by atoms with Crippen LogP contribution in [0.1, 0.15) is 35.2 Å². The van der Waals surface area contributed by atoms with Crippen LogP contribution in [-0.4, -0.2) is 47.1 Å². The number of carbonyl (C=O) groups excluding carboxylic acids is 1. The minimum Gasteiger partial charge on any atom is -0.497 e. The maximum absolute atomic E-state index is 12.9. The van der Waals surface area contributed by atoms with Gasteiger partial charge in [0.25, 0.3) is 0 Å². The van der Waals surface area contributed by atoms with Crippen LogP contribution in [0.3, 0.4) is 0 Å². The summed E-state index contributed by atoms with van der Waals surface area (Å²) in [5, 5.41) is 12.1. The number of ether oxygens (including phenoxy) is 1. The molecule has 1 aliphatic rings. The van der Waals surface area contributed by atoms with E-state index in [9.17, 15) is 4.79 Å². The average molecular weight is 458 g/mol. The van der Waals surface area contributed by atoms with Crippen LogP contribution in [0.5, 0.6) is 5.75 Å². The monoisotopic (exact) mass is 457 g/mol. The molecular formula is C27H31N5O2. The third-order valence-corrected chi connectivity index (χ3v) is 6.33. The normalized spacial score (nSPS) is 16.1. The second-order valence-electron chi connectivity index (χ2n) is 8.79. The Bertz CT molecular complexity index is 1130. The van der Waals surface area contributed by atoms with Crippen molar-refractivity contribution in [1.29, 1.82) is 5.26 Å². The van der Waals surface area contributed by atoms with Gasteiger partial charge in [-0.25, -0.2) is 4.98 Å². The smallest absolute Gasteiger partial charge is 0.224 e. The SMILES string of the molecule is COc1cccc(CN2CCCC(C(=O)NCCc3cncn3Cc3ccc(C#N)cc3)C2)c1. The molecule has 2 aromatic carbocycles. The molecule has 1 saturated heterocycles. The lowest BCUT2D eigenvalue weighted by molar-refractivity contribution is -0.126. The number of hydrogen-bond donors (Lipinski definition) is 1. The number of likely N-dealkylation sites (tertiary alicyclic amines) is 1. The van der Waals surface area contributed by atoms with E-state index in [0.29, 0.717) is 18.7 Å². The second-order valence-corrected chi connectivity index (χ2v) is 8.79. The number of aromatic nitrogens is 2. The van der Waals surface area contributed by atoms with E-state index >= 15 is 0 Å². The average Bonchev–Trinajstić information content (AvgIpc) is 3.31. The Balaban J connectivity index is 1.25. The van der Waals surface area contributed by atoms with Gasteiger partial charge in [0.15, 0.2) is 0 Å². The molecule has 0 spiro atoms. The summed E-state index contributed by atoms with van der Waals surface area (Å²) in [6, 6.07) is 17.8. The van der Waals surface area contributed by atoms with E-state index in [-0.39, 0.29) is 11.8 Å². The number of hydrogen-bond acceptors (Lipinski definition) is 5. The summed E-state index contributed by atoms with van der Waals surface area (Å²) in [6.07, 6.45) is 6.35. The molecule has 1 amide bonds. The highest BCUT2D eigenvalue weighted by molar-refractivity contribution is 5.78. The number of nitrogens with one attached hydrogen (secondary N) is 1. The lowest BCUT2D eigenvalue weighted by atomic mass is 9.96. The van der Waals surface area contributed by atoms with Gasteiger partial charge in [-0.1, -0.05) is 24.3 Å². The highest BCUT2D eigenvalue weighted by atomic mass is 16.5. The molecule has 1 unspecified atom stereocenters. The van der Waals surface area contributed by atoms with Crippen LogP contribution < -0.4 is 10.1 Å². The largest absolute Gasteiger partial charge is 0.497 e. The maximum atomic E-state index is 12.9. The maximum Gasteiger partial charge on any atom is 0.224 e. The predicted molar refractivity (Wildman–Crippen MR) is 130 cm³/mol. The van der Waals surface area contributed by atoms with Gasteiger partial charge >= 0.3 is 0 Å². The van der Waals surface area contributed by atoms with E-state index in [2.05, 4.69) is 38.0 Å². The third kappa shape index (κ3) is 6.24. The van der Waals surface area contributed by atoms with Crippen molar-refractivity contribution in [3.05, 3.63) is 83.4 Å². The van der Waals surface area contributed by atoms with Crippen molar-refractivity contribution in [3.8, 4) is 11.8 Å². The van der Waals surface area contributed by atoms with Crippen LogP contribution in [-0.2, 0) is 24.3 Å². The molecule has 0 radical (unpaired) electrons. The summed E-state index contributed by atoms with van der Waals surface area (Å²) < 4.78 is 7.42. The molecule has 0 saturated carbocycles. The summed E-state index contributed by atoms with van der Waals surface area (Å²) in [6.45, 7) is 3.89. The fourth-order valence-electron chi connectivity index (χ4n) is 4.48. The van der Waals surface area contributed by atoms with Crippen molar-refractivity contribution in [2.45, 2.75) is 32.4 Å². The Kier molecular flexibility index (Phi) is 7.95. The molecular weight excluding hydrogens is 426 g/mol. The van der Waals surface area contributed by atoms with Gasteiger partial charge in [-0.3, -0.25) is 9.69 Å². The highest BCUT2D eigenvalue weighted by Crippen LogP contribution is 2.21. The molecule has 1 fully saturated rings. The number of imidazole rings is 1. The Morgan fingerprint density at radius 3 is 2.85 bits per heavy atom. The van der Waals surface area contributed by atoms with Crippen LogP contribution in [0.15, 0.2) is 61.1 Å². The Labute approximate surface area is 201 Å². The number of benzene rings is 2. The molecule has 176 valence electrons. The lowest BCUT2D eigenvalue weighted by Crippen LogP contribution is -2.43. The Hall–Kier alpha value is -3.63. The van der Waals surface area contributed by atoms with Crippen LogP contribution in [0.25, 0.3) is 0 Å². The minimum absolute atomic E-state index is 0.0166. The van der Waals surface area contributed by atoms with Crippen molar-refractivity contribution in [3.63, 3.8) is 0 Å². The quantitative estimate of drug-likeness (QED) is 0.533. The molecule has 1 aliphatic heterocycles. The van der Waals surface area contributed by atoms with Gasteiger partial charge in [-0.05, 0) is 54.8 Å². The van der Waals surface area contributed by atoms with Crippen LogP contribution in [0.2, 0.25) is 0 Å². The van der Waals surface area contributed by atoms with Gasteiger partial charge in [0.05, 0.1) is 31.0 Å². The summed E-state index contributed by atoms with van der Waals surface area (Å²) in [5.41, 5.74) is 4.05. The van der Waals surface area contributed by atoms with E-state index in [0.717, 1.165) is 55.9 Å². The third-order valence-electron chi connectivity index (χ3n) is 6.33. The number of piperidine rings is 1. The Morgan fingerprint density at radius 2 is 2.06 bits per heavy atom. The van der Waals surface area contributed by atoms with Gasteiger partial charge in [0, 0.05) is 44.5 Å². The molecule has 7 heteroatoms. The van der Waals surface area contributed by atoms with Gasteiger partial charge in [0.2, 0.25) is 5.91 Å². The first-order valence-electron chi connectivity index (χ1n) is 11.8. The molecule has 0 bridgehead atoms. The molecule has 1 aromatic heterocycles. The number of carbonyl (C=O) groups is 1. The van der Waals surface area contributed by atoms with E-state index in [1.54, 1.807) is 7.11 Å². The summed E-state index contributed by atoms with van der Waals surface area (Å²) in [4.78, 5) is 19.5. The Morgan fingerprint density at radius 1 is 1.21 bits per heavy atom. The zero-order chi connectivity index (χ0) is 23.8. The van der Waals surface area contributed by atoms with Gasteiger partial charge in [-0.15, -0.1) is 0 Å². The zero-order valence-corrected chi connectivity index (χ0v) is 19.6. The molecule has 1 atom stereocenters. The fourth-order valence-corrected chi connectivity index (χ4v) is 4.48. The molecule has 3 aromatic rings. The number of methoxy groups -OCH3 is 1. The fraction of sp³-hybridized carbons (Fsp3) is 0.370. The summed E-state index contributed by atoms with van der Waals surface area (Å²) >= 11 is 0. The zero-order valence-electron chi connectivity index (χ0n) is 19.6. The van der Waals surface area contributed by atoms with Crippen LogP contribution >= 0.6 is 0 Å². The molecule has 0 aliphatic carbocycles. The first-order chi connectivity index (χ1) is 16.6. The minimum atomic E-state index is 0.0166. The van der Waals surface area contributed by atoms with Crippen LogP contribution in [0, 0.1) is 17.2 Å². The van der Waals surface area contributed by atoms with Crippen molar-refractivity contribution in [2.24, 2.45) is 5.92 Å². The van der Waals surface area contributed by atoms with E-state index in [1.165, 1.54) is 5.56 Å². The van der Waals surface area contributed by atoms with Crippen molar-refractivity contribution < 1.29 is 9.53 Å². The standard InChI is InChI=1S/C27H31N5O2/c1-34-26-6-2-4-23(14-26)17-31-13-3-5-24(19-31)27(33)30-12-11-25-16-29-20-32(25)18-22-9-7-21(15-28)8-10-22/h2,4,6-10,14,16,20,24H,3,5,11-13,17-19H2,1H3,(H,30,33). The molecule has 34 heavy (non-hydrogen) atoms. The van der Waals surface area contributed by atoms with Crippen molar-refractivity contribution >= 4 is 5.91 Å². The lowest BCUT2D eigenvalue weighted by Gasteiger charge is -2.32. The number of nitrogens with zero attached hydrogens (tertiary/aromatic N) is 4. The van der Waals surface area contributed by atoms with Crippen LogP contribution in [0.4, 0.5) is 0 Å². The topological polar surface area (TPSA) is 83.2 Å². The van der Waals surface area contributed by atoms with E-state index < -0.39 is 0 Å². The van der Waals surface area contributed by atoms with Gasteiger partial charge < -0.3 is 14.6 Å². The van der Waals surface area contributed by atoms with Crippen molar-refractivity contribution in [2.75, 3.05) is 26.7 Å². The molecule has 7 nitrogen and oxygen atoms in total. The summed E-state index contributed by atoms with van der Waals surface area (Å²) in [7, 11) is 1.68. The second kappa shape index (κ2) is 11.5. The van der Waals surface area contributed by atoms with Gasteiger partial charge in [-0.2, -0.15) is 5.26 Å². The highest BCUT2D eigenvalue weighted by Gasteiger charge is 2.25. The molecule has 1 N–H and O–H groups in total. The first-order valence-corrected chi connectivity index (χ1v) is 11.8. The number of rotatable bonds is 9.